The minimum atomic E-state index is -3.90. The molecule has 128 valence electrons. The average molecular weight is 366 g/mol. The maximum atomic E-state index is 12.5. The number of benzene rings is 1. The molecule has 1 amide bonds. The van der Waals surface area contributed by atoms with Crippen LogP contribution in [0.5, 0.6) is 0 Å². The largest absolute Gasteiger partial charge is 0.505 e. The zero-order valence-electron chi connectivity index (χ0n) is 12.3. The van der Waals surface area contributed by atoms with Crippen molar-refractivity contribution in [3.63, 3.8) is 0 Å². The molecule has 10 heteroatoms. The maximum Gasteiger partial charge on any atom is 0.278 e. The van der Waals surface area contributed by atoms with Crippen molar-refractivity contribution in [1.82, 2.24) is 9.29 Å². The number of aliphatic hydroxyl groups is 1. The van der Waals surface area contributed by atoms with E-state index in [2.05, 4.69) is 10.3 Å². The van der Waals surface area contributed by atoms with Crippen molar-refractivity contribution in [3.8, 4) is 0 Å². The molecule has 3 rings (SSSR count). The van der Waals surface area contributed by atoms with E-state index in [-0.39, 0.29) is 30.3 Å². The van der Waals surface area contributed by atoms with Crippen molar-refractivity contribution in [2.75, 3.05) is 12.4 Å². The van der Waals surface area contributed by atoms with E-state index in [1.54, 1.807) is 18.3 Å². The number of aliphatic hydroxyl groups excluding tert-OH is 1. The predicted octanol–water partition coefficient (Wildman–Crippen LogP) is 0.499. The first-order chi connectivity index (χ1) is 10.8. The molecule has 2 heterocycles. The topological polar surface area (TPSA) is 99.6 Å². The first-order valence-corrected chi connectivity index (χ1v) is 8.83. The third-order valence-electron chi connectivity index (χ3n) is 3.38. The lowest BCUT2D eigenvalue weighted by Crippen LogP contribution is -2.37. The quantitative estimate of drug-likeness (QED) is 0.754. The number of hydrogen-bond acceptors (Lipinski definition) is 6. The maximum absolute atomic E-state index is 12.5. The van der Waals surface area contributed by atoms with Crippen molar-refractivity contribution < 1.29 is 18.3 Å². The van der Waals surface area contributed by atoms with Crippen molar-refractivity contribution in [3.05, 3.63) is 46.6 Å². The van der Waals surface area contributed by atoms with Crippen molar-refractivity contribution in [2.45, 2.75) is 11.8 Å². The van der Waals surface area contributed by atoms with E-state index in [0.717, 1.165) is 9.18 Å². The van der Waals surface area contributed by atoms with Gasteiger partial charge in [-0.15, -0.1) is 11.3 Å². The molecule has 0 aliphatic carbocycles. The van der Waals surface area contributed by atoms with Gasteiger partial charge in [0.05, 0.1) is 4.90 Å². The summed E-state index contributed by atoms with van der Waals surface area (Å²) in [6.07, 6.45) is 1.59. The highest BCUT2D eigenvalue weighted by Gasteiger charge is 2.37. The smallest absolute Gasteiger partial charge is 0.278 e. The molecule has 0 atom stereocenters. The second-order valence-electron chi connectivity index (χ2n) is 4.90. The molecule has 7 nitrogen and oxygen atoms in total. The lowest BCUT2D eigenvalue weighted by atomic mass is 10.1. The van der Waals surface area contributed by atoms with Crippen LogP contribution in [0, 0.1) is 6.92 Å². The van der Waals surface area contributed by atoms with E-state index in [4.69, 9.17) is 0 Å². The van der Waals surface area contributed by atoms with Crippen LogP contribution in [0.25, 0.3) is 5.76 Å². The van der Waals surface area contributed by atoms with E-state index in [1.165, 1.54) is 30.5 Å². The number of likely N-dealkylation sites (N-methyl/N-ethyl adjacent to an activating group) is 1. The van der Waals surface area contributed by atoms with Gasteiger partial charge in [0.15, 0.2) is 16.6 Å². The Morgan fingerprint density at radius 2 is 2.00 bits per heavy atom. The zero-order chi connectivity index (χ0) is 16.8. The molecule has 0 saturated carbocycles. The van der Waals surface area contributed by atoms with Gasteiger partial charge in [-0.2, -0.15) is 0 Å². The molecule has 0 spiro atoms. The van der Waals surface area contributed by atoms with Crippen LogP contribution in [-0.4, -0.2) is 44.2 Å². The molecule has 1 aliphatic rings. The molecule has 0 fully saturated rings. The molecule has 0 radical (unpaired) electrons. The highest BCUT2D eigenvalue weighted by atomic mass is 32.2. The Morgan fingerprint density at radius 3 is 2.62 bits per heavy atom. The molecule has 2 N–H and O–H groups in total. The average Bonchev–Trinajstić information content (AvgIpc) is 2.91. The Morgan fingerprint density at radius 1 is 1.33 bits per heavy atom. The van der Waals surface area contributed by atoms with Gasteiger partial charge in [-0.3, -0.25) is 14.4 Å². The molecule has 2 aromatic rings. The fourth-order valence-corrected chi connectivity index (χ4v) is 4.31. The summed E-state index contributed by atoms with van der Waals surface area (Å²) >= 11 is 1.25. The number of carbonyl (C=O) groups excluding carboxylic acids is 1. The van der Waals surface area contributed by atoms with Crippen LogP contribution in [0.15, 0.2) is 41.1 Å². The number of amides is 1. The molecule has 0 saturated heterocycles. The van der Waals surface area contributed by atoms with Gasteiger partial charge in [0, 0.05) is 23.7 Å². The minimum Gasteiger partial charge on any atom is -0.505 e. The monoisotopic (exact) mass is 366 g/mol. The van der Waals surface area contributed by atoms with Crippen LogP contribution in [0.1, 0.15) is 10.4 Å². The number of carbonyl (C=O) groups is 1. The Kier molecular flexibility index (Phi) is 4.72. The molecule has 1 aliphatic heterocycles. The lowest BCUT2D eigenvalue weighted by Gasteiger charge is -2.28. The summed E-state index contributed by atoms with van der Waals surface area (Å²) < 4.78 is 25.8. The van der Waals surface area contributed by atoms with E-state index in [9.17, 15) is 18.3 Å². The van der Waals surface area contributed by atoms with Gasteiger partial charge in [-0.05, 0) is 19.1 Å². The van der Waals surface area contributed by atoms with Gasteiger partial charge >= 0.3 is 0 Å². The third kappa shape index (κ3) is 2.78. The lowest BCUT2D eigenvalue weighted by molar-refractivity contribution is -0.113. The summed E-state index contributed by atoms with van der Waals surface area (Å²) in [5, 5.41) is 13.2. The molecule has 24 heavy (non-hydrogen) atoms. The number of aryl methyl sites for hydroxylation is 1. The van der Waals surface area contributed by atoms with Gasteiger partial charge in [-0.25, -0.2) is 13.4 Å². The SMILES string of the molecule is Cc1cnc(NC(=O)C2=C(O)c3ccccc3S(=O)(=O)N2C)s1.[BH4-]. The summed E-state index contributed by atoms with van der Waals surface area (Å²) in [6.45, 7) is 1.83. The summed E-state index contributed by atoms with van der Waals surface area (Å²) in [5.74, 6) is -1.12. The highest BCUT2D eigenvalue weighted by molar-refractivity contribution is 7.89. The Bertz CT molecular complexity index is 937. The molecule has 0 unspecified atom stereocenters. The molecule has 1 aromatic carbocycles. The number of fused-ring (bicyclic) bond motifs is 1. The normalized spacial score (nSPS) is 15.5. The number of thiazole rings is 1. The van der Waals surface area contributed by atoms with E-state index < -0.39 is 15.9 Å². The highest BCUT2D eigenvalue weighted by Crippen LogP contribution is 2.34. The Balaban J connectivity index is 0.00000208. The predicted molar refractivity (Wildman–Crippen MR) is 97.8 cm³/mol. The van der Waals surface area contributed by atoms with Gasteiger partial charge in [-0.1, -0.05) is 20.5 Å². The number of aromatic nitrogens is 1. The van der Waals surface area contributed by atoms with E-state index >= 15 is 0 Å². The first kappa shape index (κ1) is 18.0. The van der Waals surface area contributed by atoms with Gasteiger partial charge in [0.25, 0.3) is 15.9 Å². The number of nitrogens with zero attached hydrogens (tertiary/aromatic N) is 2. The van der Waals surface area contributed by atoms with Crippen LogP contribution >= 0.6 is 11.3 Å². The second kappa shape index (κ2) is 6.29. The summed E-state index contributed by atoms with van der Waals surface area (Å²) in [6, 6.07) is 5.99. The molecule has 0 bridgehead atoms. The standard InChI is InChI=1S/C14H13N3O4S2.BH4/c1-8-7-15-14(22-8)16-13(19)11-12(18)9-5-3-4-6-10(9)23(20,21)17(11)2;/h3-7,18H,1-2H3,(H,15,16,19);1H4/q;-1. The number of hydrogen-bond donors (Lipinski definition) is 2. The van der Waals surface area contributed by atoms with Gasteiger partial charge in [0.2, 0.25) is 0 Å². The zero-order valence-corrected chi connectivity index (χ0v) is 13.9. The Hall–Kier alpha value is -2.33. The van der Waals surface area contributed by atoms with Crippen molar-refractivity contribution in [2.24, 2.45) is 0 Å². The van der Waals surface area contributed by atoms with Crippen LogP contribution in [0.2, 0.25) is 0 Å². The summed E-state index contributed by atoms with van der Waals surface area (Å²) in [7, 11) is -2.67. The van der Waals surface area contributed by atoms with Gasteiger partial charge in [0.1, 0.15) is 0 Å². The summed E-state index contributed by atoms with van der Waals surface area (Å²) in [5.41, 5.74) is -0.234. The third-order valence-corrected chi connectivity index (χ3v) is 6.02. The van der Waals surface area contributed by atoms with Crippen LogP contribution in [0.4, 0.5) is 5.13 Å². The minimum absolute atomic E-state index is 0. The Labute approximate surface area is 145 Å². The first-order valence-electron chi connectivity index (χ1n) is 6.57. The number of anilines is 1. The van der Waals surface area contributed by atoms with E-state index in [0.29, 0.717) is 5.13 Å². The van der Waals surface area contributed by atoms with Gasteiger partial charge < -0.3 is 5.11 Å². The van der Waals surface area contributed by atoms with Crippen LogP contribution in [0.3, 0.4) is 0 Å². The van der Waals surface area contributed by atoms with Crippen LogP contribution < -0.4 is 5.32 Å². The van der Waals surface area contributed by atoms with Crippen molar-refractivity contribution in [1.29, 1.82) is 0 Å². The number of nitrogens with one attached hydrogen (secondary N) is 1. The second-order valence-corrected chi connectivity index (χ2v) is 8.07. The molecular weight excluding hydrogens is 349 g/mol. The molecule has 1 aromatic heterocycles. The van der Waals surface area contributed by atoms with E-state index in [1.807, 2.05) is 6.92 Å². The summed E-state index contributed by atoms with van der Waals surface area (Å²) in [4.78, 5) is 17.3. The number of rotatable bonds is 2. The fraction of sp³-hybridized carbons (Fsp3) is 0.143. The molecular formula is C14H17BN3O4S2-. The van der Waals surface area contributed by atoms with Crippen molar-refractivity contribution >= 4 is 46.6 Å². The van der Waals surface area contributed by atoms with Crippen LogP contribution in [-0.2, 0) is 14.8 Å². The number of sulfonamides is 1. The fourth-order valence-electron chi connectivity index (χ4n) is 2.25.